The van der Waals surface area contributed by atoms with E-state index in [0.717, 1.165) is 5.70 Å². The predicted octanol–water partition coefficient (Wildman–Crippen LogP) is 10.4. The van der Waals surface area contributed by atoms with Gasteiger partial charge in [-0.15, -0.1) is 29.3 Å². The van der Waals surface area contributed by atoms with Crippen LogP contribution in [-0.4, -0.2) is 107 Å². The second-order valence-electron chi connectivity index (χ2n) is 17.8. The van der Waals surface area contributed by atoms with E-state index in [1.54, 1.807) is 41.7 Å². The van der Waals surface area contributed by atoms with E-state index in [9.17, 15) is 35.9 Å². The van der Waals surface area contributed by atoms with Crippen LogP contribution in [0.5, 0.6) is 0 Å². The Kier molecular flexibility index (Phi) is 13.3. The molecule has 5 aliphatic rings. The van der Waals surface area contributed by atoms with Crippen LogP contribution in [0.25, 0.3) is 11.1 Å². The number of aromatic nitrogens is 6. The van der Waals surface area contributed by atoms with Gasteiger partial charge in [0.2, 0.25) is 0 Å². The molecule has 3 saturated heterocycles. The molecule has 9 heterocycles. The van der Waals surface area contributed by atoms with Crippen LogP contribution in [0.15, 0.2) is 118 Å². The number of methoxy groups -OCH3 is 1. The summed E-state index contributed by atoms with van der Waals surface area (Å²) < 4.78 is 87.8. The number of nitrogens with one attached hydrogen (secondary N) is 1. The minimum Gasteiger partial charge on any atom is -0.469 e. The average Bonchev–Trinajstić information content (AvgIpc) is 4.22. The molecule has 3 fully saturated rings. The molecule has 1 N–H and O–H groups in total. The van der Waals surface area contributed by atoms with E-state index in [0.29, 0.717) is 90.8 Å². The van der Waals surface area contributed by atoms with Crippen molar-refractivity contribution in [3.63, 3.8) is 0 Å². The van der Waals surface area contributed by atoms with Crippen molar-refractivity contribution in [1.82, 2.24) is 49.5 Å². The van der Waals surface area contributed by atoms with Crippen LogP contribution in [0.3, 0.4) is 0 Å². The number of carbonyl (C=O) groups excluding carboxylic acids is 2. The van der Waals surface area contributed by atoms with E-state index in [2.05, 4.69) is 32.1 Å². The third-order valence-corrected chi connectivity index (χ3v) is 15.2. The standard InChI is InChI=1S/C25H21ClF3N7OS.C23H19ClF3N5O2S/c1-2-7-34-12-25(32-24(34)37)11-18-19(17-5-8-36(33-17)23(28)29)20(15-4-3-14(27)10-16(15)26)31-21(35(18)13-25)22-30-6-9-38-22;1-23(21(33)34-2)10-16-17(15-5-7-32(30-15)22(26)27)18(13-4-3-12(25)9-14(13)24)29-19(31(16)11-23)20-28-6-8-35-20/h2-6,8-10,20,23H,1,7,11-13H2,(H,32,37);3-9,18,22H,10-11H2,1-2H3/t20-,25+;18-,23+/m00/s1. The van der Waals surface area contributed by atoms with Crippen molar-refractivity contribution in [2.24, 2.45) is 15.4 Å². The lowest BCUT2D eigenvalue weighted by molar-refractivity contribution is -0.150. The number of thiazole rings is 2. The first kappa shape index (κ1) is 49.7. The van der Waals surface area contributed by atoms with Gasteiger partial charge in [0.05, 0.1) is 29.5 Å². The summed E-state index contributed by atoms with van der Waals surface area (Å²) in [7, 11) is 1.32. The van der Waals surface area contributed by atoms with Gasteiger partial charge in [-0.1, -0.05) is 41.4 Å². The summed E-state index contributed by atoms with van der Waals surface area (Å²) in [6, 6.07) is 9.17. The van der Waals surface area contributed by atoms with E-state index >= 15 is 0 Å². The lowest BCUT2D eigenvalue weighted by Crippen LogP contribution is -2.47. The Hall–Kier alpha value is -6.82. The van der Waals surface area contributed by atoms with Crippen molar-refractivity contribution in [1.29, 1.82) is 0 Å². The lowest BCUT2D eigenvalue weighted by Gasteiger charge is -2.32. The van der Waals surface area contributed by atoms with Gasteiger partial charge in [-0.25, -0.2) is 32.9 Å². The minimum absolute atomic E-state index is 0.130. The third kappa shape index (κ3) is 9.20. The Morgan fingerprint density at radius 1 is 0.808 bits per heavy atom. The predicted molar refractivity (Wildman–Crippen MR) is 262 cm³/mol. The van der Waals surface area contributed by atoms with Crippen molar-refractivity contribution in [2.45, 2.75) is 50.5 Å². The summed E-state index contributed by atoms with van der Waals surface area (Å²) in [5.41, 5.74) is 2.43. The highest BCUT2D eigenvalue weighted by atomic mass is 35.5. The zero-order valence-electron chi connectivity index (χ0n) is 38.4. The Bertz CT molecular complexity index is 3270. The van der Waals surface area contributed by atoms with E-state index < -0.39 is 53.7 Å². The van der Waals surface area contributed by atoms with Gasteiger partial charge >= 0.3 is 25.1 Å². The number of carbonyl (C=O) groups is 2. The van der Waals surface area contributed by atoms with Crippen molar-refractivity contribution < 1.29 is 40.7 Å². The van der Waals surface area contributed by atoms with E-state index in [1.165, 1.54) is 84.6 Å². The fraction of sp³-hybridized carbons (Fsp3) is 0.292. The number of benzene rings is 2. The van der Waals surface area contributed by atoms with Gasteiger partial charge in [-0.3, -0.25) is 14.8 Å². The fourth-order valence-corrected chi connectivity index (χ4v) is 11.7. The summed E-state index contributed by atoms with van der Waals surface area (Å²) in [6.07, 6.45) is 7.99. The van der Waals surface area contributed by atoms with Crippen molar-refractivity contribution in [3.8, 4) is 0 Å². The SMILES string of the molecule is C=CCN1C[C@@]2(CC3=C(c4ccn(C(F)F)n4)[C@H](c4ccc(F)cc4Cl)N=C(c4nccs4)N3C2)NC1=O.COC(=O)[C@]1(C)CC2=C(c3ccn(C(F)F)n3)[C@H](c3ccc(F)cc3Cl)N=C(c3nccs3)N2C1. The molecule has 4 aromatic heterocycles. The molecule has 6 aromatic rings. The van der Waals surface area contributed by atoms with Crippen molar-refractivity contribution >= 4 is 80.7 Å². The zero-order valence-corrected chi connectivity index (χ0v) is 41.5. The number of fused-ring (bicyclic) bond motifs is 2. The number of halogens is 8. The number of nitrogens with zero attached hydrogens (tertiary/aromatic N) is 11. The fourth-order valence-electron chi connectivity index (χ4n) is 9.87. The first-order valence-electron chi connectivity index (χ1n) is 22.3. The van der Waals surface area contributed by atoms with Gasteiger partial charge < -0.3 is 24.8 Å². The molecular weight excluding hydrogens is 1040 g/mol. The number of allylic oxidation sites excluding steroid dienone is 1. The molecular formula is C48H40Cl2F6N12O3S2. The molecule has 2 aromatic carbocycles. The van der Waals surface area contributed by atoms with Gasteiger partial charge in [0.25, 0.3) is 0 Å². The maximum absolute atomic E-state index is 14.0. The maximum Gasteiger partial charge on any atom is 0.333 e. The van der Waals surface area contributed by atoms with E-state index in [1.807, 2.05) is 15.2 Å². The van der Waals surface area contributed by atoms with Crippen molar-refractivity contribution in [2.75, 3.05) is 33.3 Å². The van der Waals surface area contributed by atoms with E-state index in [4.69, 9.17) is 37.9 Å². The molecule has 0 aliphatic carbocycles. The third-order valence-electron chi connectivity index (χ3n) is 13.0. The number of hydrogen-bond acceptors (Lipinski definition) is 13. The number of esters is 1. The average molecular weight is 1080 g/mol. The smallest absolute Gasteiger partial charge is 0.333 e. The minimum atomic E-state index is -2.83. The second-order valence-corrected chi connectivity index (χ2v) is 20.4. The second kappa shape index (κ2) is 19.6. The zero-order chi connectivity index (χ0) is 51.5. The summed E-state index contributed by atoms with van der Waals surface area (Å²) in [6.45, 7) is 1.30. The quantitative estimate of drug-likeness (QED) is 0.0760. The van der Waals surface area contributed by atoms with Gasteiger partial charge in [-0.05, 0) is 43.3 Å². The Morgan fingerprint density at radius 2 is 1.32 bits per heavy atom. The molecule has 0 radical (unpaired) electrons. The normalized spacial score (nSPS) is 22.5. The molecule has 73 heavy (non-hydrogen) atoms. The largest absolute Gasteiger partial charge is 0.469 e. The molecule has 11 rings (SSSR count). The molecule has 4 atom stereocenters. The number of rotatable bonds is 11. The van der Waals surface area contributed by atoms with Crippen LogP contribution < -0.4 is 5.32 Å². The molecule has 0 saturated carbocycles. The van der Waals surface area contributed by atoms with Gasteiger partial charge in [-0.2, -0.15) is 27.8 Å². The van der Waals surface area contributed by atoms with Crippen molar-refractivity contribution in [3.05, 3.63) is 162 Å². The lowest BCUT2D eigenvalue weighted by atomic mass is 9.86. The number of amides is 2. The first-order chi connectivity index (χ1) is 35.0. The van der Waals surface area contributed by atoms with E-state index in [-0.39, 0.29) is 34.7 Å². The Balaban J connectivity index is 0.000000168. The highest BCUT2D eigenvalue weighted by Gasteiger charge is 2.53. The number of hydrogen-bond donors (Lipinski definition) is 1. The summed E-state index contributed by atoms with van der Waals surface area (Å²) in [5.74, 6) is -0.370. The van der Waals surface area contributed by atoms with Gasteiger partial charge in [0.1, 0.15) is 23.7 Å². The van der Waals surface area contributed by atoms with Crippen LogP contribution in [0.2, 0.25) is 10.0 Å². The summed E-state index contributed by atoms with van der Waals surface area (Å²) >= 11 is 15.7. The number of alkyl halides is 4. The highest BCUT2D eigenvalue weighted by Crippen LogP contribution is 2.52. The maximum atomic E-state index is 14.0. The molecule has 25 heteroatoms. The molecule has 1 spiro atoms. The molecule has 2 amide bonds. The monoisotopic (exact) mass is 1080 g/mol. The first-order valence-corrected chi connectivity index (χ1v) is 24.8. The summed E-state index contributed by atoms with van der Waals surface area (Å²) in [4.78, 5) is 49.8. The number of aliphatic imine (C=N–C) groups is 2. The Morgan fingerprint density at radius 3 is 1.75 bits per heavy atom. The number of ether oxygens (including phenoxy) is 1. The van der Waals surface area contributed by atoms with Crippen LogP contribution in [0, 0.1) is 17.0 Å². The van der Waals surface area contributed by atoms with Crippen LogP contribution >= 0.6 is 45.9 Å². The van der Waals surface area contributed by atoms with Gasteiger partial charge in [0.15, 0.2) is 21.7 Å². The number of urea groups is 1. The molecule has 0 bridgehead atoms. The molecule has 5 aliphatic heterocycles. The van der Waals surface area contributed by atoms with Gasteiger partial charge in [0, 0.05) is 118 Å². The molecule has 0 unspecified atom stereocenters. The van der Waals surface area contributed by atoms with Crippen LogP contribution in [-0.2, 0) is 9.53 Å². The topological polar surface area (TPSA) is 151 Å². The highest BCUT2D eigenvalue weighted by molar-refractivity contribution is 7.12. The number of amidine groups is 2. The summed E-state index contributed by atoms with van der Waals surface area (Å²) in [5, 5.41) is 16.5. The van der Waals surface area contributed by atoms with Crippen LogP contribution in [0.1, 0.15) is 77.5 Å². The van der Waals surface area contributed by atoms with Crippen LogP contribution in [0.4, 0.5) is 31.1 Å². The molecule has 15 nitrogen and oxygen atoms in total. The molecule has 378 valence electrons. The Labute approximate surface area is 430 Å².